The van der Waals surface area contributed by atoms with Gasteiger partial charge in [-0.15, -0.1) is 32.8 Å². The summed E-state index contributed by atoms with van der Waals surface area (Å²) in [5.41, 5.74) is 24.1. The van der Waals surface area contributed by atoms with E-state index in [4.69, 9.17) is 19.4 Å². The van der Waals surface area contributed by atoms with Gasteiger partial charge in [-0.05, 0) is 51.6 Å². The van der Waals surface area contributed by atoms with Crippen LogP contribution in [0.3, 0.4) is 0 Å². The van der Waals surface area contributed by atoms with Gasteiger partial charge in [0, 0.05) is 21.9 Å². The Kier molecular flexibility index (Phi) is 9.78. The van der Waals surface area contributed by atoms with Gasteiger partial charge in [0.05, 0.1) is 5.56 Å². The molecule has 0 saturated carbocycles. The SMILES string of the molecule is Bc1c(B)c(B)c(-c2nc(-c3c(B)c(B)c(B)c(B)c3B)nc(-c3cccc4c3oc3cc(-c5ccc(-c6ccc(-c7ccccc7)cc6)cc5)ccc34)n2)c(B)c1B. The summed E-state index contributed by atoms with van der Waals surface area (Å²) in [6, 6.07) is 40.9. The molecule has 0 atom stereocenters. The molecule has 0 radical (unpaired) electrons. The van der Waals surface area contributed by atoms with Crippen LogP contribution >= 0.6 is 0 Å². The molecule has 0 saturated heterocycles. The van der Waals surface area contributed by atoms with E-state index in [0.717, 1.165) is 49.8 Å². The van der Waals surface area contributed by atoms with Crippen LogP contribution in [0, 0.1) is 0 Å². The highest BCUT2D eigenvalue weighted by Gasteiger charge is 2.23. The smallest absolute Gasteiger partial charge is 0.167 e. The number of furan rings is 1. The predicted molar refractivity (Wildman–Crippen MR) is 282 cm³/mol. The van der Waals surface area contributed by atoms with Crippen LogP contribution in [0.15, 0.2) is 120 Å². The van der Waals surface area contributed by atoms with Gasteiger partial charge in [-0.2, -0.15) is 0 Å². The zero-order chi connectivity index (χ0) is 41.3. The van der Waals surface area contributed by atoms with Gasteiger partial charge in [-0.1, -0.05) is 119 Å². The first-order valence-corrected chi connectivity index (χ1v) is 20.5. The molecule has 270 valence electrons. The van der Waals surface area contributed by atoms with Crippen LogP contribution < -0.4 is 54.6 Å². The van der Waals surface area contributed by atoms with Crippen molar-refractivity contribution in [2.45, 2.75) is 0 Å². The third kappa shape index (κ3) is 6.54. The molecule has 2 aromatic heterocycles. The van der Waals surface area contributed by atoms with E-state index < -0.39 is 0 Å². The molecular weight excluding hydrogens is 707 g/mol. The van der Waals surface area contributed by atoms with Gasteiger partial charge >= 0.3 is 0 Å². The fourth-order valence-corrected chi connectivity index (χ4v) is 8.89. The molecule has 0 aliphatic heterocycles. The van der Waals surface area contributed by atoms with Crippen molar-refractivity contribution in [3.05, 3.63) is 115 Å². The highest BCUT2D eigenvalue weighted by atomic mass is 16.3. The van der Waals surface area contributed by atoms with E-state index >= 15 is 0 Å². The summed E-state index contributed by atoms with van der Waals surface area (Å²) >= 11 is 0. The van der Waals surface area contributed by atoms with Crippen molar-refractivity contribution in [2.24, 2.45) is 0 Å². The molecule has 9 rings (SSSR count). The number of aromatic nitrogens is 3. The van der Waals surface area contributed by atoms with Crippen LogP contribution in [-0.2, 0) is 0 Å². The molecule has 0 fully saturated rings. The average Bonchev–Trinajstić information content (AvgIpc) is 3.65. The highest BCUT2D eigenvalue weighted by molar-refractivity contribution is 6.69. The third-order valence-electron chi connectivity index (χ3n) is 13.4. The first-order chi connectivity index (χ1) is 28.4. The fraction of sp³-hybridized carbons (Fsp3) is 0. The lowest BCUT2D eigenvalue weighted by atomic mass is 9.60. The lowest BCUT2D eigenvalue weighted by Gasteiger charge is -2.22. The monoisotopic (exact) mass is 747 g/mol. The number of nitrogens with zero attached hydrogens (tertiary/aromatic N) is 3. The summed E-state index contributed by atoms with van der Waals surface area (Å²) in [6.07, 6.45) is 0. The van der Waals surface area contributed by atoms with Gasteiger partial charge in [-0.3, -0.25) is 0 Å². The van der Waals surface area contributed by atoms with Crippen LogP contribution in [0.1, 0.15) is 0 Å². The van der Waals surface area contributed by atoms with E-state index in [-0.39, 0.29) is 0 Å². The van der Waals surface area contributed by atoms with Gasteiger partial charge in [0.2, 0.25) is 0 Å². The second-order valence-electron chi connectivity index (χ2n) is 16.3. The Morgan fingerprint density at radius 1 is 0.322 bits per heavy atom. The van der Waals surface area contributed by atoms with E-state index in [1.807, 2.05) is 0 Å². The largest absolute Gasteiger partial charge is 0.455 e. The van der Waals surface area contributed by atoms with Crippen LogP contribution in [0.2, 0.25) is 0 Å². The normalized spacial score (nSPS) is 11.4. The van der Waals surface area contributed by atoms with Crippen LogP contribution in [0.25, 0.3) is 89.5 Å². The summed E-state index contributed by atoms with van der Waals surface area (Å²) in [7, 11) is 22.0. The number of hydrogen-bond donors (Lipinski definition) is 0. The van der Waals surface area contributed by atoms with Gasteiger partial charge in [0.15, 0.2) is 17.5 Å². The molecule has 14 heteroatoms. The average molecular weight is 746 g/mol. The van der Waals surface area contributed by atoms with Crippen molar-refractivity contribution in [3.63, 3.8) is 0 Å². The third-order valence-corrected chi connectivity index (χ3v) is 13.4. The van der Waals surface area contributed by atoms with E-state index in [9.17, 15) is 0 Å². The zero-order valence-corrected chi connectivity index (χ0v) is 35.7. The van der Waals surface area contributed by atoms with E-state index in [1.165, 1.54) is 76.9 Å². The Morgan fingerprint density at radius 2 is 0.712 bits per heavy atom. The summed E-state index contributed by atoms with van der Waals surface area (Å²) in [4.78, 5) is 15.9. The van der Waals surface area contributed by atoms with Crippen LogP contribution in [0.5, 0.6) is 0 Å². The topological polar surface area (TPSA) is 51.8 Å². The number of para-hydroxylation sites is 1. The molecule has 9 aromatic rings. The Labute approximate surface area is 355 Å². The van der Waals surface area contributed by atoms with Crippen molar-refractivity contribution >= 4 is 155 Å². The molecule has 0 unspecified atom stereocenters. The Bertz CT molecular complexity index is 3010. The van der Waals surface area contributed by atoms with Gasteiger partial charge < -0.3 is 4.42 Å². The maximum Gasteiger partial charge on any atom is 0.167 e. The molecule has 0 aliphatic rings. The quantitative estimate of drug-likeness (QED) is 0.160. The van der Waals surface area contributed by atoms with Crippen molar-refractivity contribution in [1.29, 1.82) is 0 Å². The first-order valence-electron chi connectivity index (χ1n) is 20.5. The Hall–Kier alpha value is -6.00. The second-order valence-corrected chi connectivity index (χ2v) is 16.3. The first kappa shape index (κ1) is 38.5. The highest BCUT2D eigenvalue weighted by Crippen LogP contribution is 2.37. The summed E-state index contributed by atoms with van der Waals surface area (Å²) in [5.74, 6) is 1.98. The van der Waals surface area contributed by atoms with Gasteiger partial charge in [0.25, 0.3) is 0 Å². The molecule has 2 heterocycles. The summed E-state index contributed by atoms with van der Waals surface area (Å²) in [6.45, 7) is 0. The fourth-order valence-electron chi connectivity index (χ4n) is 8.89. The van der Waals surface area contributed by atoms with Crippen LogP contribution in [-0.4, -0.2) is 93.4 Å². The second kappa shape index (κ2) is 15.0. The van der Waals surface area contributed by atoms with Crippen molar-refractivity contribution < 1.29 is 4.42 Å². The number of hydrogen-bond acceptors (Lipinski definition) is 4. The molecular formula is C45H39B10N3O. The number of fused-ring (bicyclic) bond motifs is 3. The summed E-state index contributed by atoms with van der Waals surface area (Å²) in [5, 5.41) is 2.09. The van der Waals surface area contributed by atoms with E-state index in [2.05, 4.69) is 194 Å². The number of rotatable bonds is 6. The minimum atomic E-state index is 0.603. The Morgan fingerprint density at radius 3 is 1.19 bits per heavy atom. The molecule has 7 aromatic carbocycles. The van der Waals surface area contributed by atoms with E-state index in [0.29, 0.717) is 17.5 Å². The molecule has 0 bridgehead atoms. The maximum atomic E-state index is 6.83. The molecule has 0 N–H and O–H groups in total. The van der Waals surface area contributed by atoms with Crippen LogP contribution in [0.4, 0.5) is 0 Å². The molecule has 4 nitrogen and oxygen atoms in total. The van der Waals surface area contributed by atoms with Gasteiger partial charge in [-0.25, -0.2) is 15.0 Å². The maximum absolute atomic E-state index is 6.83. The molecule has 59 heavy (non-hydrogen) atoms. The molecule has 0 amide bonds. The van der Waals surface area contributed by atoms with E-state index in [1.54, 1.807) is 0 Å². The summed E-state index contributed by atoms with van der Waals surface area (Å²) < 4.78 is 6.83. The zero-order valence-electron chi connectivity index (χ0n) is 35.7. The van der Waals surface area contributed by atoms with Crippen molar-refractivity contribution in [3.8, 4) is 67.5 Å². The lowest BCUT2D eigenvalue weighted by molar-refractivity contribution is 0.669. The molecule has 0 aliphatic carbocycles. The minimum absolute atomic E-state index is 0.603. The van der Waals surface area contributed by atoms with Crippen molar-refractivity contribution in [2.75, 3.05) is 0 Å². The Balaban J connectivity index is 1.15. The van der Waals surface area contributed by atoms with Crippen molar-refractivity contribution in [1.82, 2.24) is 15.0 Å². The predicted octanol–water partition coefficient (Wildman–Crippen LogP) is -5.64. The van der Waals surface area contributed by atoms with Gasteiger partial charge in [0.1, 0.15) is 89.6 Å². The number of benzene rings is 7. The molecule has 0 spiro atoms. The standard InChI is InChI=1S/C45H39B10N3O/c46-32-30(33(47)37(51)40(54)36(32)50)44-56-43(57-45(58-44)31-34(48)38(52)41(55)39(53)35(31)49)28-8-4-7-27-26-18-17-25(19-29(26)59-42(27)28)24-15-13-23(14-16-24)22-11-9-21(10-12-22)20-5-2-1-3-6-20/h1-19H,46-55H2. The lowest BCUT2D eigenvalue weighted by Crippen LogP contribution is -2.55. The minimum Gasteiger partial charge on any atom is -0.455 e.